The maximum Gasteiger partial charge on any atom is 0.344 e. The van der Waals surface area contributed by atoms with Crippen molar-refractivity contribution in [1.29, 1.82) is 0 Å². The van der Waals surface area contributed by atoms with E-state index in [1.54, 1.807) is 18.2 Å². The zero-order chi connectivity index (χ0) is 24.6. The number of carboxylic acid groups (broad SMARTS) is 2. The highest BCUT2D eigenvalue weighted by Crippen LogP contribution is 2.30. The predicted molar refractivity (Wildman–Crippen MR) is 125 cm³/mol. The number of benzene rings is 1. The van der Waals surface area contributed by atoms with Crippen LogP contribution in [-0.2, 0) is 20.9 Å². The van der Waals surface area contributed by atoms with Gasteiger partial charge in [-0.05, 0) is 62.6 Å². The first-order valence-corrected chi connectivity index (χ1v) is 11.5. The molecule has 1 unspecified atom stereocenters. The fourth-order valence-electron chi connectivity index (χ4n) is 2.88. The molecule has 8 nitrogen and oxygen atoms in total. The van der Waals surface area contributed by atoms with Crippen LogP contribution in [0.4, 0.5) is 0 Å². The molecule has 1 atom stereocenters. The largest absolute Gasteiger partial charge is 0.490 e. The predicted octanol–water partition coefficient (Wildman–Crippen LogP) is 4.56. The summed E-state index contributed by atoms with van der Waals surface area (Å²) < 4.78 is 11.2. The number of aliphatic carboxylic acids is 2. The van der Waals surface area contributed by atoms with Crippen molar-refractivity contribution < 1.29 is 34.1 Å². The van der Waals surface area contributed by atoms with Crippen molar-refractivity contribution in [2.45, 2.75) is 78.4 Å². The molecule has 8 heteroatoms. The van der Waals surface area contributed by atoms with Gasteiger partial charge >= 0.3 is 11.9 Å². The minimum Gasteiger partial charge on any atom is -0.490 e. The highest BCUT2D eigenvalue weighted by Gasteiger charge is 2.16. The Bertz CT molecular complexity index is 789. The van der Waals surface area contributed by atoms with Crippen LogP contribution in [-0.4, -0.2) is 40.8 Å². The third kappa shape index (κ3) is 13.2. The van der Waals surface area contributed by atoms with Crippen molar-refractivity contribution >= 4 is 17.8 Å². The number of ether oxygens (including phenoxy) is 2. The van der Waals surface area contributed by atoms with Gasteiger partial charge in [0.05, 0.1) is 6.61 Å². The SMILES string of the molecule is CC(C)/C=C/CCCCC(=O)NCc1ccc(OCCCCC(=O)O)c(OC(C)C(=O)O)c1. The summed E-state index contributed by atoms with van der Waals surface area (Å²) in [6, 6.07) is 5.11. The van der Waals surface area contributed by atoms with E-state index in [1.165, 1.54) is 6.92 Å². The highest BCUT2D eigenvalue weighted by molar-refractivity contribution is 5.75. The van der Waals surface area contributed by atoms with E-state index in [0.717, 1.165) is 24.8 Å². The first-order valence-electron chi connectivity index (χ1n) is 11.5. The van der Waals surface area contributed by atoms with Gasteiger partial charge in [-0.2, -0.15) is 0 Å². The third-order valence-electron chi connectivity index (χ3n) is 4.74. The number of carbonyl (C=O) groups is 3. The molecule has 3 N–H and O–H groups in total. The Balaban J connectivity index is 2.59. The summed E-state index contributed by atoms with van der Waals surface area (Å²) in [7, 11) is 0. The average Bonchev–Trinajstić information content (AvgIpc) is 2.75. The molecule has 0 saturated carbocycles. The lowest BCUT2D eigenvalue weighted by Crippen LogP contribution is -2.24. The number of hydrogen-bond donors (Lipinski definition) is 3. The summed E-state index contributed by atoms with van der Waals surface area (Å²) in [5, 5.41) is 20.7. The summed E-state index contributed by atoms with van der Waals surface area (Å²) >= 11 is 0. The lowest BCUT2D eigenvalue weighted by Gasteiger charge is -2.16. The van der Waals surface area contributed by atoms with Crippen LogP contribution in [0, 0.1) is 5.92 Å². The molecule has 1 rings (SSSR count). The molecule has 0 heterocycles. The Morgan fingerprint density at radius 2 is 1.73 bits per heavy atom. The molecule has 0 spiro atoms. The smallest absolute Gasteiger partial charge is 0.344 e. The van der Waals surface area contributed by atoms with E-state index >= 15 is 0 Å². The summed E-state index contributed by atoms with van der Waals surface area (Å²) in [5.41, 5.74) is 0.758. The lowest BCUT2D eigenvalue weighted by molar-refractivity contribution is -0.144. The molecule has 1 aromatic carbocycles. The molecule has 0 aromatic heterocycles. The van der Waals surface area contributed by atoms with Gasteiger partial charge in [-0.25, -0.2) is 4.79 Å². The summed E-state index contributed by atoms with van der Waals surface area (Å²) in [6.45, 7) is 6.26. The Morgan fingerprint density at radius 3 is 2.39 bits per heavy atom. The van der Waals surface area contributed by atoms with Crippen LogP contribution in [0.2, 0.25) is 0 Å². The number of hydrogen-bond acceptors (Lipinski definition) is 5. The Labute approximate surface area is 196 Å². The summed E-state index contributed by atoms with van der Waals surface area (Å²) in [5.74, 6) is -0.819. The van der Waals surface area contributed by atoms with Crippen molar-refractivity contribution in [3.05, 3.63) is 35.9 Å². The van der Waals surface area contributed by atoms with Crippen molar-refractivity contribution in [3.63, 3.8) is 0 Å². The van der Waals surface area contributed by atoms with Gasteiger partial charge in [0.1, 0.15) is 0 Å². The molecule has 1 amide bonds. The van der Waals surface area contributed by atoms with Crippen molar-refractivity contribution in [1.82, 2.24) is 5.32 Å². The van der Waals surface area contributed by atoms with Gasteiger partial charge in [-0.1, -0.05) is 32.1 Å². The van der Waals surface area contributed by atoms with Crippen molar-refractivity contribution in [2.24, 2.45) is 5.92 Å². The molecule has 0 fully saturated rings. The topological polar surface area (TPSA) is 122 Å². The van der Waals surface area contributed by atoms with E-state index in [2.05, 4.69) is 31.3 Å². The van der Waals surface area contributed by atoms with Crippen LogP contribution < -0.4 is 14.8 Å². The van der Waals surface area contributed by atoms with E-state index in [1.807, 2.05) is 0 Å². The van der Waals surface area contributed by atoms with Gasteiger partial charge in [0, 0.05) is 19.4 Å². The number of carbonyl (C=O) groups excluding carboxylic acids is 1. The molecule has 0 radical (unpaired) electrons. The van der Waals surface area contributed by atoms with Gasteiger partial charge in [0.15, 0.2) is 17.6 Å². The summed E-state index contributed by atoms with van der Waals surface area (Å²) in [6.07, 6.45) is 7.52. The standard InChI is InChI=1S/C25H37NO7/c1-18(2)10-6-4-5-7-11-23(27)26-17-20-13-14-21(32-15-9-8-12-24(28)29)22(16-20)33-19(3)25(30)31/h6,10,13-14,16,18-19H,4-5,7-9,11-12,15,17H2,1-3H3,(H,26,27)(H,28,29)(H,30,31)/b10-6+. The fraction of sp³-hybridized carbons (Fsp3) is 0.560. The minimum atomic E-state index is -1.11. The molecule has 33 heavy (non-hydrogen) atoms. The molecular formula is C25H37NO7. The van der Waals surface area contributed by atoms with Crippen molar-refractivity contribution in [3.8, 4) is 11.5 Å². The number of allylic oxidation sites excluding steroid dienone is 2. The number of rotatable bonds is 17. The quantitative estimate of drug-likeness (QED) is 0.229. The number of nitrogens with one attached hydrogen (secondary N) is 1. The van der Waals surface area contributed by atoms with Crippen LogP contribution in [0.3, 0.4) is 0 Å². The molecular weight excluding hydrogens is 426 g/mol. The van der Waals surface area contributed by atoms with E-state index in [4.69, 9.17) is 19.7 Å². The van der Waals surface area contributed by atoms with Gasteiger partial charge in [-0.3, -0.25) is 9.59 Å². The minimum absolute atomic E-state index is 0.0389. The highest BCUT2D eigenvalue weighted by atomic mass is 16.5. The first-order chi connectivity index (χ1) is 15.7. The van der Waals surface area contributed by atoms with Crippen LogP contribution in [0.5, 0.6) is 11.5 Å². The molecule has 0 bridgehead atoms. The van der Waals surface area contributed by atoms with Crippen LogP contribution in [0.1, 0.15) is 71.3 Å². The second kappa shape index (κ2) is 15.7. The van der Waals surface area contributed by atoms with Crippen LogP contribution in [0.25, 0.3) is 0 Å². The second-order valence-electron chi connectivity index (χ2n) is 8.27. The average molecular weight is 464 g/mol. The molecule has 0 aliphatic heterocycles. The van der Waals surface area contributed by atoms with Gasteiger partial charge in [0.2, 0.25) is 5.91 Å². The summed E-state index contributed by atoms with van der Waals surface area (Å²) in [4.78, 5) is 33.9. The number of carboxylic acids is 2. The Morgan fingerprint density at radius 1 is 1.00 bits per heavy atom. The molecule has 184 valence electrons. The third-order valence-corrected chi connectivity index (χ3v) is 4.74. The van der Waals surface area contributed by atoms with Gasteiger partial charge < -0.3 is 25.0 Å². The lowest BCUT2D eigenvalue weighted by atomic mass is 10.1. The van der Waals surface area contributed by atoms with E-state index in [0.29, 0.717) is 37.5 Å². The number of amides is 1. The Kier molecular flexibility index (Phi) is 13.3. The van der Waals surface area contributed by atoms with E-state index in [9.17, 15) is 14.4 Å². The molecule has 0 saturated heterocycles. The first kappa shape index (κ1) is 28.0. The molecule has 0 aliphatic carbocycles. The maximum atomic E-state index is 12.1. The Hall–Kier alpha value is -3.03. The van der Waals surface area contributed by atoms with Gasteiger partial charge in [0.25, 0.3) is 0 Å². The van der Waals surface area contributed by atoms with E-state index in [-0.39, 0.29) is 24.7 Å². The normalized spacial score (nSPS) is 12.0. The molecule has 0 aliphatic rings. The van der Waals surface area contributed by atoms with E-state index < -0.39 is 18.0 Å². The second-order valence-corrected chi connectivity index (χ2v) is 8.27. The van der Waals surface area contributed by atoms with Crippen LogP contribution in [0.15, 0.2) is 30.4 Å². The zero-order valence-electron chi connectivity index (χ0n) is 19.8. The zero-order valence-corrected chi connectivity index (χ0v) is 19.8. The maximum absolute atomic E-state index is 12.1. The number of unbranched alkanes of at least 4 members (excludes halogenated alkanes) is 3. The monoisotopic (exact) mass is 463 g/mol. The molecule has 1 aromatic rings. The van der Waals surface area contributed by atoms with Crippen molar-refractivity contribution in [2.75, 3.05) is 6.61 Å². The fourth-order valence-corrected chi connectivity index (χ4v) is 2.88. The van der Waals surface area contributed by atoms with Crippen LogP contribution >= 0.6 is 0 Å². The van der Waals surface area contributed by atoms with Gasteiger partial charge in [-0.15, -0.1) is 0 Å².